The van der Waals surface area contributed by atoms with Crippen molar-refractivity contribution in [3.05, 3.63) is 47.3 Å². The van der Waals surface area contributed by atoms with Gasteiger partial charge in [0.15, 0.2) is 0 Å². The van der Waals surface area contributed by atoms with Crippen molar-refractivity contribution in [3.8, 4) is 16.2 Å². The number of thiazole rings is 1. The van der Waals surface area contributed by atoms with Gasteiger partial charge in [-0.05, 0) is 26.0 Å². The van der Waals surface area contributed by atoms with Gasteiger partial charge < -0.3 is 19.8 Å². The number of amides is 1. The predicted octanol–water partition coefficient (Wildman–Crippen LogP) is 2.90. The highest BCUT2D eigenvalue weighted by Crippen LogP contribution is 2.37. The maximum Gasteiger partial charge on any atom is 0.261 e. The summed E-state index contributed by atoms with van der Waals surface area (Å²) in [6.45, 7) is 5.66. The molecule has 11 nitrogen and oxygen atoms in total. The van der Waals surface area contributed by atoms with Gasteiger partial charge in [-0.25, -0.2) is 4.52 Å². The van der Waals surface area contributed by atoms with Crippen molar-refractivity contribution in [3.63, 3.8) is 0 Å². The first-order valence-electron chi connectivity index (χ1n) is 11.9. The maximum atomic E-state index is 13.1. The lowest BCUT2D eigenvalue weighted by molar-refractivity contribution is -0.121. The molecule has 2 N–H and O–H groups in total. The topological polar surface area (TPSA) is 127 Å². The molecule has 190 valence electrons. The molecule has 0 aromatic carbocycles. The van der Waals surface area contributed by atoms with Crippen LogP contribution in [0.5, 0.6) is 5.75 Å². The molecule has 6 heterocycles. The number of morpholine rings is 1. The molecule has 1 fully saturated rings. The number of H-pyrrole nitrogens is 1. The van der Waals surface area contributed by atoms with Gasteiger partial charge in [0.05, 0.1) is 53.7 Å². The Hall–Kier alpha value is -3.87. The summed E-state index contributed by atoms with van der Waals surface area (Å²) >= 11 is 1.43. The number of aromatic amines is 1. The average Bonchev–Trinajstić information content (AvgIpc) is 3.41. The fourth-order valence-corrected chi connectivity index (χ4v) is 6.01. The van der Waals surface area contributed by atoms with Crippen LogP contribution in [-0.4, -0.2) is 74.3 Å². The first-order valence-corrected chi connectivity index (χ1v) is 12.7. The average molecular weight is 520 g/mol. The van der Waals surface area contributed by atoms with E-state index in [1.54, 1.807) is 42.3 Å². The SMILES string of the molecule is COc1ccncc1-c1cn2nc3c4ncc(NC(=O)CN5C[C@H](C)O[C@@H](C)C5)cc4[nH]c(=O)c3c2s1. The number of aromatic nitrogens is 5. The number of pyridine rings is 3. The third kappa shape index (κ3) is 4.32. The van der Waals surface area contributed by atoms with Gasteiger partial charge in [0, 0.05) is 31.7 Å². The second-order valence-electron chi connectivity index (χ2n) is 9.22. The lowest BCUT2D eigenvalue weighted by Gasteiger charge is -2.34. The number of fused-ring (bicyclic) bond motifs is 5. The minimum absolute atomic E-state index is 0.0818. The predicted molar refractivity (Wildman–Crippen MR) is 141 cm³/mol. The highest BCUT2D eigenvalue weighted by molar-refractivity contribution is 7.21. The number of anilines is 1. The quantitative estimate of drug-likeness (QED) is 0.363. The molecule has 5 aromatic rings. The third-order valence-corrected chi connectivity index (χ3v) is 7.44. The summed E-state index contributed by atoms with van der Waals surface area (Å²) in [6, 6.07) is 3.50. The fraction of sp³-hybridized carbons (Fsp3) is 0.320. The van der Waals surface area contributed by atoms with Crippen LogP contribution >= 0.6 is 11.3 Å². The number of nitrogens with zero attached hydrogens (tertiary/aromatic N) is 5. The molecule has 0 spiro atoms. The summed E-state index contributed by atoms with van der Waals surface area (Å²) in [5.41, 5.74) is 2.62. The van der Waals surface area contributed by atoms with E-state index in [4.69, 9.17) is 9.47 Å². The summed E-state index contributed by atoms with van der Waals surface area (Å²) in [6.07, 6.45) is 6.99. The van der Waals surface area contributed by atoms with Crippen molar-refractivity contribution >= 4 is 49.7 Å². The Kier molecular flexibility index (Phi) is 5.86. The molecule has 0 bridgehead atoms. The molecule has 6 rings (SSSR count). The van der Waals surface area contributed by atoms with Crippen LogP contribution in [0.3, 0.4) is 0 Å². The molecular weight excluding hydrogens is 494 g/mol. The van der Waals surface area contributed by atoms with Crippen molar-refractivity contribution < 1.29 is 14.3 Å². The van der Waals surface area contributed by atoms with Crippen LogP contribution < -0.4 is 15.6 Å². The third-order valence-electron chi connectivity index (χ3n) is 6.31. The van der Waals surface area contributed by atoms with Gasteiger partial charge in [-0.2, -0.15) is 5.10 Å². The number of nitrogens with one attached hydrogen (secondary N) is 2. The zero-order valence-corrected chi connectivity index (χ0v) is 21.3. The molecule has 37 heavy (non-hydrogen) atoms. The summed E-state index contributed by atoms with van der Waals surface area (Å²) in [7, 11) is 1.61. The van der Waals surface area contributed by atoms with Crippen LogP contribution in [0.4, 0.5) is 5.69 Å². The van der Waals surface area contributed by atoms with E-state index in [0.29, 0.717) is 51.3 Å². The minimum atomic E-state index is -0.273. The summed E-state index contributed by atoms with van der Waals surface area (Å²) in [4.78, 5) is 41.1. The zero-order chi connectivity index (χ0) is 25.7. The lowest BCUT2D eigenvalue weighted by atomic mass is 10.2. The number of ether oxygens (including phenoxy) is 2. The van der Waals surface area contributed by atoms with Gasteiger partial charge in [0.2, 0.25) is 5.91 Å². The molecule has 0 radical (unpaired) electrons. The largest absolute Gasteiger partial charge is 0.496 e. The van der Waals surface area contributed by atoms with Crippen molar-refractivity contribution in [1.82, 2.24) is 29.5 Å². The highest BCUT2D eigenvalue weighted by Gasteiger charge is 2.24. The van der Waals surface area contributed by atoms with E-state index in [1.807, 2.05) is 20.0 Å². The van der Waals surface area contributed by atoms with Gasteiger partial charge >= 0.3 is 0 Å². The Morgan fingerprint density at radius 1 is 1.27 bits per heavy atom. The molecule has 5 aromatic heterocycles. The van der Waals surface area contributed by atoms with E-state index in [-0.39, 0.29) is 30.2 Å². The van der Waals surface area contributed by atoms with Crippen LogP contribution in [0.1, 0.15) is 13.8 Å². The molecule has 0 aliphatic carbocycles. The summed E-state index contributed by atoms with van der Waals surface area (Å²) in [5, 5.41) is 8.02. The van der Waals surface area contributed by atoms with Crippen LogP contribution in [-0.2, 0) is 9.53 Å². The van der Waals surface area contributed by atoms with Gasteiger partial charge in [-0.1, -0.05) is 0 Å². The Bertz CT molecular complexity index is 1700. The van der Waals surface area contributed by atoms with Gasteiger partial charge in [-0.15, -0.1) is 11.3 Å². The molecule has 1 aliphatic rings. The summed E-state index contributed by atoms with van der Waals surface area (Å²) < 4.78 is 12.9. The second kappa shape index (κ2) is 9.21. The van der Waals surface area contributed by atoms with Crippen LogP contribution in [0.25, 0.3) is 37.2 Å². The molecule has 1 saturated heterocycles. The summed E-state index contributed by atoms with van der Waals surface area (Å²) in [5.74, 6) is 0.545. The van der Waals surface area contributed by atoms with Gasteiger partial charge in [-0.3, -0.25) is 24.5 Å². The second-order valence-corrected chi connectivity index (χ2v) is 10.2. The van der Waals surface area contributed by atoms with Crippen LogP contribution in [0, 0.1) is 0 Å². The molecule has 1 aliphatic heterocycles. The number of hydrogen-bond acceptors (Lipinski definition) is 9. The maximum absolute atomic E-state index is 13.1. The van der Waals surface area contributed by atoms with E-state index < -0.39 is 0 Å². The van der Waals surface area contributed by atoms with Gasteiger partial charge in [0.25, 0.3) is 5.56 Å². The van der Waals surface area contributed by atoms with Crippen molar-refractivity contribution in [1.29, 1.82) is 0 Å². The Balaban J connectivity index is 1.31. The van der Waals surface area contributed by atoms with E-state index in [9.17, 15) is 9.59 Å². The Morgan fingerprint density at radius 3 is 2.86 bits per heavy atom. The van der Waals surface area contributed by atoms with Crippen molar-refractivity contribution in [2.45, 2.75) is 26.1 Å². The Morgan fingerprint density at radius 2 is 2.08 bits per heavy atom. The normalized spacial score (nSPS) is 18.6. The number of carbonyl (C=O) groups excluding carboxylic acids is 1. The van der Waals surface area contributed by atoms with Crippen molar-refractivity contribution in [2.75, 3.05) is 32.1 Å². The lowest BCUT2D eigenvalue weighted by Crippen LogP contribution is -2.48. The smallest absolute Gasteiger partial charge is 0.261 e. The highest BCUT2D eigenvalue weighted by atomic mass is 32.1. The Labute approximate surface area is 215 Å². The molecule has 0 saturated carbocycles. The molecule has 1 amide bonds. The number of rotatable bonds is 5. The monoisotopic (exact) mass is 519 g/mol. The van der Waals surface area contributed by atoms with E-state index in [1.165, 1.54) is 11.3 Å². The van der Waals surface area contributed by atoms with E-state index >= 15 is 0 Å². The minimum Gasteiger partial charge on any atom is -0.496 e. The molecular formula is C25H25N7O4S. The molecule has 0 unspecified atom stereocenters. The number of methoxy groups -OCH3 is 1. The van der Waals surface area contributed by atoms with Crippen molar-refractivity contribution in [2.24, 2.45) is 0 Å². The van der Waals surface area contributed by atoms with Gasteiger partial charge in [0.1, 0.15) is 27.0 Å². The fourth-order valence-electron chi connectivity index (χ4n) is 4.90. The van der Waals surface area contributed by atoms with Crippen LogP contribution in [0.2, 0.25) is 0 Å². The van der Waals surface area contributed by atoms with E-state index in [0.717, 1.165) is 10.4 Å². The number of hydrogen-bond donors (Lipinski definition) is 2. The first-order chi connectivity index (χ1) is 17.9. The molecule has 2 atom stereocenters. The van der Waals surface area contributed by atoms with Crippen LogP contribution in [0.15, 0.2) is 41.7 Å². The zero-order valence-electron chi connectivity index (χ0n) is 20.5. The number of carbonyl (C=O) groups is 1. The molecule has 12 heteroatoms. The first kappa shape index (κ1) is 23.5. The standard InChI is InChI=1S/C25H25N7O4S/c1-13-9-31(10-14(2)36-13)12-20(33)28-15-6-17-22(27-7-15)23-21(24(34)29-17)25-32(30-23)11-19(37-25)16-8-26-5-4-18(16)35-3/h4-8,11,13-14H,9-10,12H2,1-3H3,(H,28,33)(H,29,34)/t13-,14-/m0/s1. The van der Waals surface area contributed by atoms with E-state index in [2.05, 4.69) is 30.3 Å².